The van der Waals surface area contributed by atoms with Crippen molar-refractivity contribution >= 4 is 11.8 Å². The molecule has 0 saturated carbocycles. The van der Waals surface area contributed by atoms with E-state index in [-0.39, 0.29) is 11.8 Å². The number of hydrogen-bond donors (Lipinski definition) is 1. The molecule has 78 valence electrons. The topological polar surface area (TPSA) is 49.4 Å². The highest BCUT2D eigenvalue weighted by Gasteiger charge is 2.29. The van der Waals surface area contributed by atoms with E-state index in [0.717, 1.165) is 11.1 Å². The van der Waals surface area contributed by atoms with Crippen LogP contribution in [0.15, 0.2) is 18.2 Å². The van der Waals surface area contributed by atoms with Crippen LogP contribution in [0.1, 0.15) is 28.4 Å². The number of carbonyl (C=O) groups is 2. The van der Waals surface area contributed by atoms with Crippen LogP contribution >= 0.6 is 0 Å². The summed E-state index contributed by atoms with van der Waals surface area (Å²) in [4.78, 5) is 22.7. The molecular formula is C11H12N2O2. The van der Waals surface area contributed by atoms with Gasteiger partial charge in [0, 0.05) is 12.5 Å². The molecule has 0 radical (unpaired) electrons. The first-order valence-corrected chi connectivity index (χ1v) is 4.77. The van der Waals surface area contributed by atoms with E-state index in [4.69, 9.17) is 0 Å². The van der Waals surface area contributed by atoms with Crippen LogP contribution in [0.4, 0.5) is 0 Å². The minimum Gasteiger partial charge on any atom is -0.274 e. The Morgan fingerprint density at radius 2 is 2.20 bits per heavy atom. The monoisotopic (exact) mass is 204 g/mol. The Balaban J connectivity index is 2.34. The van der Waals surface area contributed by atoms with Gasteiger partial charge in [-0.3, -0.25) is 15.0 Å². The average Bonchev–Trinajstić information content (AvgIpc) is 2.44. The molecule has 1 aliphatic heterocycles. The van der Waals surface area contributed by atoms with E-state index in [2.05, 4.69) is 5.43 Å². The lowest BCUT2D eigenvalue weighted by atomic mass is 10.0. The van der Waals surface area contributed by atoms with Gasteiger partial charge in [0.15, 0.2) is 0 Å². The molecule has 0 spiro atoms. The molecule has 0 bridgehead atoms. The van der Waals surface area contributed by atoms with Crippen LogP contribution in [0.2, 0.25) is 0 Å². The minimum atomic E-state index is -0.228. The smallest absolute Gasteiger partial charge is 0.273 e. The highest BCUT2D eigenvalue weighted by atomic mass is 16.2. The Bertz CT molecular complexity index is 440. The number of nitrogens with zero attached hydrogens (tertiary/aromatic N) is 1. The molecule has 0 aliphatic carbocycles. The maximum absolute atomic E-state index is 11.9. The molecule has 1 aliphatic rings. The first kappa shape index (κ1) is 9.71. The third-order valence-corrected chi connectivity index (χ3v) is 2.44. The van der Waals surface area contributed by atoms with Crippen LogP contribution in [0.25, 0.3) is 0 Å². The fourth-order valence-corrected chi connectivity index (χ4v) is 1.82. The van der Waals surface area contributed by atoms with Gasteiger partial charge in [-0.2, -0.15) is 0 Å². The normalized spacial score (nSPS) is 14.0. The number of amides is 2. The Hall–Kier alpha value is -1.84. The second-order valence-electron chi connectivity index (χ2n) is 3.67. The van der Waals surface area contributed by atoms with E-state index in [9.17, 15) is 9.59 Å². The molecule has 0 aromatic heterocycles. The van der Waals surface area contributed by atoms with E-state index in [1.165, 1.54) is 11.9 Å². The zero-order valence-corrected chi connectivity index (χ0v) is 8.70. The second kappa shape index (κ2) is 3.38. The third-order valence-electron chi connectivity index (χ3n) is 2.44. The minimum absolute atomic E-state index is 0.127. The summed E-state index contributed by atoms with van der Waals surface area (Å²) in [5.74, 6) is -0.355. The van der Waals surface area contributed by atoms with Gasteiger partial charge in [-0.25, -0.2) is 5.01 Å². The molecule has 2 rings (SSSR count). The molecule has 0 fully saturated rings. The van der Waals surface area contributed by atoms with Crippen LogP contribution in [-0.2, 0) is 11.3 Å². The molecule has 1 aromatic carbocycles. The second-order valence-corrected chi connectivity index (χ2v) is 3.67. The number of hydrazine groups is 1. The summed E-state index contributed by atoms with van der Waals surface area (Å²) < 4.78 is 0. The number of nitrogens with one attached hydrogen (secondary N) is 1. The maximum atomic E-state index is 11.9. The van der Waals surface area contributed by atoms with Gasteiger partial charge in [0.2, 0.25) is 5.91 Å². The predicted molar refractivity (Wildman–Crippen MR) is 54.9 cm³/mol. The van der Waals surface area contributed by atoms with Crippen molar-refractivity contribution < 1.29 is 9.59 Å². The molecule has 1 heterocycles. The highest BCUT2D eigenvalue weighted by molar-refractivity contribution is 6.00. The summed E-state index contributed by atoms with van der Waals surface area (Å²) in [7, 11) is 0. The largest absolute Gasteiger partial charge is 0.274 e. The summed E-state index contributed by atoms with van der Waals surface area (Å²) in [5.41, 5.74) is 5.14. The predicted octanol–water partition coefficient (Wildman–Crippen LogP) is 1.00. The van der Waals surface area contributed by atoms with Gasteiger partial charge in [-0.1, -0.05) is 18.2 Å². The summed E-state index contributed by atoms with van der Waals surface area (Å²) >= 11 is 0. The maximum Gasteiger partial charge on any atom is 0.273 e. The van der Waals surface area contributed by atoms with Crippen LogP contribution < -0.4 is 5.43 Å². The van der Waals surface area contributed by atoms with Gasteiger partial charge in [0.25, 0.3) is 5.91 Å². The Kier molecular flexibility index (Phi) is 2.19. The van der Waals surface area contributed by atoms with Crippen LogP contribution in [0.3, 0.4) is 0 Å². The lowest BCUT2D eigenvalue weighted by Gasteiger charge is -2.14. The lowest BCUT2D eigenvalue weighted by Crippen LogP contribution is -2.41. The van der Waals surface area contributed by atoms with E-state index < -0.39 is 0 Å². The van der Waals surface area contributed by atoms with Crippen molar-refractivity contribution in [3.8, 4) is 0 Å². The van der Waals surface area contributed by atoms with Crippen LogP contribution in [0.5, 0.6) is 0 Å². The number of hydrogen-bond acceptors (Lipinski definition) is 2. The molecule has 1 aromatic rings. The van der Waals surface area contributed by atoms with Gasteiger partial charge < -0.3 is 0 Å². The van der Waals surface area contributed by atoms with Crippen molar-refractivity contribution in [2.45, 2.75) is 20.4 Å². The third kappa shape index (κ3) is 1.58. The van der Waals surface area contributed by atoms with Gasteiger partial charge in [0.1, 0.15) is 0 Å². The summed E-state index contributed by atoms with van der Waals surface area (Å²) in [6, 6.07) is 5.72. The van der Waals surface area contributed by atoms with Crippen molar-refractivity contribution in [3.63, 3.8) is 0 Å². The van der Waals surface area contributed by atoms with Crippen molar-refractivity contribution in [2.24, 2.45) is 0 Å². The fourth-order valence-electron chi connectivity index (χ4n) is 1.82. The first-order chi connectivity index (χ1) is 7.09. The highest BCUT2D eigenvalue weighted by Crippen LogP contribution is 2.23. The molecule has 2 amide bonds. The standard InChI is InChI=1S/C11H12N2O2/c1-7-4-3-5-9-6-13(12-8(2)14)11(15)10(7)9/h3-5H,6H2,1-2H3,(H,12,14). The van der Waals surface area contributed by atoms with E-state index in [1.807, 2.05) is 25.1 Å². The van der Waals surface area contributed by atoms with Gasteiger partial charge in [-0.05, 0) is 18.1 Å². The summed E-state index contributed by atoms with van der Waals surface area (Å²) in [5, 5.41) is 1.35. The van der Waals surface area contributed by atoms with E-state index >= 15 is 0 Å². The quantitative estimate of drug-likeness (QED) is 0.742. The Morgan fingerprint density at radius 3 is 2.80 bits per heavy atom. The van der Waals surface area contributed by atoms with Crippen molar-refractivity contribution in [2.75, 3.05) is 0 Å². The molecule has 4 heteroatoms. The fraction of sp³-hybridized carbons (Fsp3) is 0.273. The van der Waals surface area contributed by atoms with Crippen LogP contribution in [-0.4, -0.2) is 16.8 Å². The molecular weight excluding hydrogens is 192 g/mol. The van der Waals surface area contributed by atoms with Crippen molar-refractivity contribution in [3.05, 3.63) is 34.9 Å². The summed E-state index contributed by atoms with van der Waals surface area (Å²) in [6.45, 7) is 3.74. The van der Waals surface area contributed by atoms with Crippen molar-refractivity contribution in [1.82, 2.24) is 10.4 Å². The first-order valence-electron chi connectivity index (χ1n) is 4.77. The number of benzene rings is 1. The van der Waals surface area contributed by atoms with Crippen molar-refractivity contribution in [1.29, 1.82) is 0 Å². The summed E-state index contributed by atoms with van der Waals surface area (Å²) in [6.07, 6.45) is 0. The SMILES string of the molecule is CC(=O)NN1Cc2cccc(C)c2C1=O. The Morgan fingerprint density at radius 1 is 1.47 bits per heavy atom. The zero-order valence-electron chi connectivity index (χ0n) is 8.70. The molecule has 0 saturated heterocycles. The molecule has 0 unspecified atom stereocenters. The Labute approximate surface area is 87.9 Å². The van der Waals surface area contributed by atoms with Crippen LogP contribution in [0, 0.1) is 6.92 Å². The zero-order chi connectivity index (χ0) is 11.0. The molecule has 4 nitrogen and oxygen atoms in total. The lowest BCUT2D eigenvalue weighted by molar-refractivity contribution is -0.122. The molecule has 1 N–H and O–H groups in total. The van der Waals surface area contributed by atoms with E-state index in [1.54, 1.807) is 0 Å². The average molecular weight is 204 g/mol. The molecule has 15 heavy (non-hydrogen) atoms. The van der Waals surface area contributed by atoms with Gasteiger partial charge in [-0.15, -0.1) is 0 Å². The van der Waals surface area contributed by atoms with Gasteiger partial charge in [0.05, 0.1) is 6.54 Å². The molecule has 0 atom stereocenters. The van der Waals surface area contributed by atoms with E-state index in [0.29, 0.717) is 12.1 Å². The number of rotatable bonds is 1. The van der Waals surface area contributed by atoms with Gasteiger partial charge >= 0.3 is 0 Å². The number of aryl methyl sites for hydroxylation is 1. The number of fused-ring (bicyclic) bond motifs is 1. The number of carbonyl (C=O) groups excluding carboxylic acids is 2.